The Balaban J connectivity index is 3.16. The number of hydrogen-bond acceptors (Lipinski definition) is 3. The van der Waals surface area contributed by atoms with Crippen LogP contribution in [0.1, 0.15) is 48.5 Å². The Bertz CT molecular complexity index is 486. The van der Waals surface area contributed by atoms with E-state index in [2.05, 4.69) is 0 Å². The van der Waals surface area contributed by atoms with E-state index >= 15 is 0 Å². The molecule has 0 bridgehead atoms. The van der Waals surface area contributed by atoms with Gasteiger partial charge in [-0.05, 0) is 12.8 Å². The van der Waals surface area contributed by atoms with Crippen molar-refractivity contribution in [2.45, 2.75) is 39.0 Å². The molecule has 0 saturated heterocycles. The summed E-state index contributed by atoms with van der Waals surface area (Å²) in [5.41, 5.74) is -1.18. The first-order valence-electron chi connectivity index (χ1n) is 6.06. The number of carbonyl (C=O) groups is 1. The molecule has 4 nitrogen and oxygen atoms in total. The summed E-state index contributed by atoms with van der Waals surface area (Å²) in [5, 5.41) is 27.5. The van der Waals surface area contributed by atoms with E-state index in [1.54, 1.807) is 0 Å². The van der Waals surface area contributed by atoms with Gasteiger partial charge in [0.05, 0.1) is 0 Å². The molecule has 0 spiro atoms. The smallest absolute Gasteiger partial charge is 0.340 e. The fourth-order valence-electron chi connectivity index (χ4n) is 1.91. The zero-order valence-electron chi connectivity index (χ0n) is 10.5. The highest BCUT2D eigenvalue weighted by molar-refractivity contribution is 5.93. The summed E-state index contributed by atoms with van der Waals surface area (Å²) in [6, 6.07) is 0. The number of halogens is 2. The van der Waals surface area contributed by atoms with Crippen molar-refractivity contribution in [3.8, 4) is 11.5 Å². The first kappa shape index (κ1) is 15.2. The van der Waals surface area contributed by atoms with Gasteiger partial charge in [0.2, 0.25) is 5.82 Å². The van der Waals surface area contributed by atoms with Crippen molar-refractivity contribution < 1.29 is 28.9 Å². The van der Waals surface area contributed by atoms with Crippen LogP contribution in [0.25, 0.3) is 0 Å². The van der Waals surface area contributed by atoms with E-state index in [1.165, 1.54) is 0 Å². The van der Waals surface area contributed by atoms with Gasteiger partial charge in [0.1, 0.15) is 5.56 Å². The average molecular weight is 274 g/mol. The standard InChI is InChI=1S/C13H16F2O4/c1-2-3-4-5-6-7-8(13(18)19)11(16)12(17)10(15)9(7)14/h16-17H,2-6H2,1H3,(H,18,19). The minimum Gasteiger partial charge on any atom is -0.504 e. The second kappa shape index (κ2) is 6.36. The van der Waals surface area contributed by atoms with Crippen molar-refractivity contribution in [1.82, 2.24) is 0 Å². The summed E-state index contributed by atoms with van der Waals surface area (Å²) >= 11 is 0. The number of carboxylic acid groups (broad SMARTS) is 1. The van der Waals surface area contributed by atoms with Crippen molar-refractivity contribution in [2.75, 3.05) is 0 Å². The van der Waals surface area contributed by atoms with Crippen LogP contribution in [0.15, 0.2) is 0 Å². The zero-order valence-corrected chi connectivity index (χ0v) is 10.5. The molecule has 1 aromatic carbocycles. The number of phenolic OH excluding ortho intramolecular Hbond substituents is 1. The summed E-state index contributed by atoms with van der Waals surface area (Å²) in [7, 11) is 0. The van der Waals surface area contributed by atoms with Gasteiger partial charge in [0, 0.05) is 5.56 Å². The summed E-state index contributed by atoms with van der Waals surface area (Å²) in [5.74, 6) is -7.13. The molecule has 0 fully saturated rings. The van der Waals surface area contributed by atoms with Crippen molar-refractivity contribution >= 4 is 5.97 Å². The third-order valence-electron chi connectivity index (χ3n) is 2.92. The molecule has 1 rings (SSSR count). The van der Waals surface area contributed by atoms with Gasteiger partial charge >= 0.3 is 5.97 Å². The largest absolute Gasteiger partial charge is 0.504 e. The Hall–Kier alpha value is -1.85. The Kier molecular flexibility index (Phi) is 5.09. The van der Waals surface area contributed by atoms with Crippen LogP contribution in [0, 0.1) is 11.6 Å². The number of aromatic hydroxyl groups is 2. The molecule has 0 aliphatic carbocycles. The highest BCUT2D eigenvalue weighted by atomic mass is 19.2. The fraction of sp³-hybridized carbons (Fsp3) is 0.462. The minimum atomic E-state index is -1.62. The summed E-state index contributed by atoms with van der Waals surface area (Å²) in [6.45, 7) is 1.98. The van der Waals surface area contributed by atoms with E-state index in [0.717, 1.165) is 19.3 Å². The third kappa shape index (κ3) is 3.13. The van der Waals surface area contributed by atoms with E-state index < -0.39 is 40.2 Å². The predicted molar refractivity (Wildman–Crippen MR) is 64.5 cm³/mol. The van der Waals surface area contributed by atoms with Crippen LogP contribution in [-0.4, -0.2) is 21.3 Å². The summed E-state index contributed by atoms with van der Waals surface area (Å²) in [6.07, 6.45) is 3.07. The molecule has 19 heavy (non-hydrogen) atoms. The van der Waals surface area contributed by atoms with E-state index in [9.17, 15) is 18.7 Å². The van der Waals surface area contributed by atoms with Crippen LogP contribution in [0.4, 0.5) is 8.78 Å². The zero-order chi connectivity index (χ0) is 14.6. The van der Waals surface area contributed by atoms with Crippen molar-refractivity contribution in [3.63, 3.8) is 0 Å². The topological polar surface area (TPSA) is 77.8 Å². The Labute approximate surface area is 109 Å². The van der Waals surface area contributed by atoms with Crippen molar-refractivity contribution in [2.24, 2.45) is 0 Å². The number of unbranched alkanes of at least 4 members (excludes halogenated alkanes) is 3. The average Bonchev–Trinajstić information content (AvgIpc) is 2.37. The minimum absolute atomic E-state index is 0.00176. The number of benzene rings is 1. The quantitative estimate of drug-likeness (QED) is 0.550. The van der Waals surface area contributed by atoms with Gasteiger partial charge in [-0.15, -0.1) is 0 Å². The fourth-order valence-corrected chi connectivity index (χ4v) is 1.91. The predicted octanol–water partition coefficient (Wildman–Crippen LogP) is 3.20. The van der Waals surface area contributed by atoms with Gasteiger partial charge in [0.15, 0.2) is 17.3 Å². The van der Waals surface area contributed by atoms with Gasteiger partial charge in [0.25, 0.3) is 0 Å². The van der Waals surface area contributed by atoms with Crippen LogP contribution in [0.5, 0.6) is 11.5 Å². The maximum atomic E-state index is 13.7. The second-order valence-corrected chi connectivity index (χ2v) is 4.29. The van der Waals surface area contributed by atoms with Crippen molar-refractivity contribution in [3.05, 3.63) is 22.8 Å². The molecule has 0 amide bonds. The highest BCUT2D eigenvalue weighted by Gasteiger charge is 2.27. The normalized spacial score (nSPS) is 10.7. The van der Waals surface area contributed by atoms with Gasteiger partial charge in [-0.3, -0.25) is 0 Å². The van der Waals surface area contributed by atoms with E-state index in [4.69, 9.17) is 10.2 Å². The molecule has 0 radical (unpaired) electrons. The van der Waals surface area contributed by atoms with Gasteiger partial charge in [-0.1, -0.05) is 26.2 Å². The molecule has 0 atom stereocenters. The number of aromatic carboxylic acids is 1. The Morgan fingerprint density at radius 1 is 1.05 bits per heavy atom. The monoisotopic (exact) mass is 274 g/mol. The molecule has 106 valence electrons. The third-order valence-corrected chi connectivity index (χ3v) is 2.92. The number of hydrogen-bond donors (Lipinski definition) is 3. The summed E-state index contributed by atoms with van der Waals surface area (Å²) < 4.78 is 27.0. The molecule has 0 saturated carbocycles. The molecule has 0 aliphatic heterocycles. The lowest BCUT2D eigenvalue weighted by atomic mass is 9.98. The molecule has 0 unspecified atom stereocenters. The number of carboxylic acids is 1. The molecular weight excluding hydrogens is 258 g/mol. The Morgan fingerprint density at radius 3 is 2.21 bits per heavy atom. The molecule has 6 heteroatoms. The molecular formula is C13H16F2O4. The van der Waals surface area contributed by atoms with Gasteiger partial charge < -0.3 is 15.3 Å². The van der Waals surface area contributed by atoms with Crippen LogP contribution in [-0.2, 0) is 6.42 Å². The number of rotatable bonds is 6. The van der Waals surface area contributed by atoms with E-state index in [1.807, 2.05) is 6.92 Å². The maximum absolute atomic E-state index is 13.7. The maximum Gasteiger partial charge on any atom is 0.340 e. The molecule has 0 aliphatic rings. The van der Waals surface area contributed by atoms with Gasteiger partial charge in [-0.2, -0.15) is 4.39 Å². The van der Waals surface area contributed by atoms with Gasteiger partial charge in [-0.25, -0.2) is 9.18 Å². The Morgan fingerprint density at radius 2 is 1.68 bits per heavy atom. The van der Waals surface area contributed by atoms with Crippen LogP contribution in [0.2, 0.25) is 0 Å². The first-order valence-corrected chi connectivity index (χ1v) is 6.06. The second-order valence-electron chi connectivity index (χ2n) is 4.29. The van der Waals surface area contributed by atoms with Crippen LogP contribution in [0.3, 0.4) is 0 Å². The SMILES string of the molecule is CCCCCCc1c(F)c(F)c(O)c(O)c1C(=O)O. The van der Waals surface area contributed by atoms with E-state index in [0.29, 0.717) is 6.42 Å². The van der Waals surface area contributed by atoms with Crippen molar-refractivity contribution in [1.29, 1.82) is 0 Å². The van der Waals surface area contributed by atoms with Crippen LogP contribution >= 0.6 is 0 Å². The number of phenols is 2. The molecule has 0 heterocycles. The van der Waals surface area contributed by atoms with E-state index in [-0.39, 0.29) is 6.42 Å². The molecule has 3 N–H and O–H groups in total. The lowest BCUT2D eigenvalue weighted by Gasteiger charge is -2.12. The molecule has 0 aromatic heterocycles. The summed E-state index contributed by atoms with van der Waals surface area (Å²) in [4.78, 5) is 11.0. The lowest BCUT2D eigenvalue weighted by molar-refractivity contribution is 0.0690. The van der Waals surface area contributed by atoms with Crippen LogP contribution < -0.4 is 0 Å². The lowest BCUT2D eigenvalue weighted by Crippen LogP contribution is -2.08. The first-order chi connectivity index (χ1) is 8.91. The highest BCUT2D eigenvalue weighted by Crippen LogP contribution is 2.37. The molecule has 1 aromatic rings.